The minimum absolute atomic E-state index is 0.106. The van der Waals surface area contributed by atoms with Crippen molar-refractivity contribution in [2.75, 3.05) is 11.9 Å². The fourth-order valence-electron chi connectivity index (χ4n) is 3.52. The van der Waals surface area contributed by atoms with E-state index in [-0.39, 0.29) is 31.9 Å². The van der Waals surface area contributed by atoms with Crippen LogP contribution in [0.3, 0.4) is 0 Å². The van der Waals surface area contributed by atoms with Gasteiger partial charge >= 0.3 is 180 Å². The number of nitrogens with zero attached hydrogens (tertiary/aromatic N) is 4. The van der Waals surface area contributed by atoms with Gasteiger partial charge in [-0.05, 0) is 0 Å². The van der Waals surface area contributed by atoms with Crippen LogP contribution in [0.1, 0.15) is 22.8 Å². The molecule has 0 spiro atoms. The SMILES string of the molecule is O=C(Nc1ncnc2c1ncn2[C@H]1CCO[C@@H]1[Se]c1ccccc1)c1ccccc1. The second-order valence-corrected chi connectivity index (χ2v) is 9.35. The molecule has 2 atom stereocenters. The number of imidazole rings is 1. The van der Waals surface area contributed by atoms with Crippen LogP contribution in [0, 0.1) is 0 Å². The van der Waals surface area contributed by atoms with E-state index in [1.165, 1.54) is 10.8 Å². The number of fused-ring (bicyclic) bond motifs is 1. The Morgan fingerprint density at radius 2 is 1.80 bits per heavy atom. The van der Waals surface area contributed by atoms with E-state index in [4.69, 9.17) is 4.74 Å². The summed E-state index contributed by atoms with van der Waals surface area (Å²) in [5, 5.41) is 2.97. The molecule has 0 radical (unpaired) electrons. The molecule has 1 N–H and O–H groups in total. The molecule has 1 amide bonds. The fourth-order valence-corrected chi connectivity index (χ4v) is 5.98. The fraction of sp³-hybridized carbons (Fsp3) is 0.182. The number of amides is 1. The van der Waals surface area contributed by atoms with Crippen molar-refractivity contribution >= 4 is 42.3 Å². The molecule has 2 aromatic carbocycles. The second kappa shape index (κ2) is 8.36. The van der Waals surface area contributed by atoms with Crippen LogP contribution in [-0.2, 0) is 4.74 Å². The summed E-state index contributed by atoms with van der Waals surface area (Å²) < 4.78 is 9.43. The molecule has 7 nitrogen and oxygen atoms in total. The number of hydrogen-bond acceptors (Lipinski definition) is 5. The van der Waals surface area contributed by atoms with E-state index in [0.29, 0.717) is 29.2 Å². The minimum atomic E-state index is -0.223. The molecule has 0 saturated carbocycles. The van der Waals surface area contributed by atoms with Gasteiger partial charge in [0.1, 0.15) is 0 Å². The van der Waals surface area contributed by atoms with Gasteiger partial charge in [0.15, 0.2) is 0 Å². The Kier molecular flexibility index (Phi) is 5.27. The molecular formula is C22H19N5O2Se. The molecule has 1 aliphatic rings. The summed E-state index contributed by atoms with van der Waals surface area (Å²) in [5.74, 6) is 0.191. The molecule has 1 saturated heterocycles. The Bertz CT molecular complexity index is 1170. The number of rotatable bonds is 5. The Balaban J connectivity index is 1.42. The van der Waals surface area contributed by atoms with Gasteiger partial charge in [-0.25, -0.2) is 0 Å². The van der Waals surface area contributed by atoms with Gasteiger partial charge in [-0.15, -0.1) is 0 Å². The van der Waals surface area contributed by atoms with Gasteiger partial charge in [0, 0.05) is 0 Å². The number of carbonyl (C=O) groups is 1. The molecule has 3 heterocycles. The van der Waals surface area contributed by atoms with Gasteiger partial charge in [0.05, 0.1) is 0 Å². The molecule has 150 valence electrons. The molecular weight excluding hydrogens is 445 g/mol. The Hall–Kier alpha value is -3.06. The first-order valence-corrected chi connectivity index (χ1v) is 11.5. The average Bonchev–Trinajstić information content (AvgIpc) is 3.42. The predicted octanol–water partition coefficient (Wildman–Crippen LogP) is 2.40. The van der Waals surface area contributed by atoms with Gasteiger partial charge in [0.25, 0.3) is 0 Å². The predicted molar refractivity (Wildman–Crippen MR) is 115 cm³/mol. The van der Waals surface area contributed by atoms with Crippen molar-refractivity contribution in [2.45, 2.75) is 17.5 Å². The Labute approximate surface area is 179 Å². The van der Waals surface area contributed by atoms with Crippen LogP contribution in [0.4, 0.5) is 5.82 Å². The van der Waals surface area contributed by atoms with Crippen LogP contribution in [0.2, 0.25) is 0 Å². The third kappa shape index (κ3) is 3.73. The van der Waals surface area contributed by atoms with Crippen molar-refractivity contribution in [3.63, 3.8) is 0 Å². The molecule has 30 heavy (non-hydrogen) atoms. The van der Waals surface area contributed by atoms with Crippen molar-refractivity contribution in [1.29, 1.82) is 0 Å². The number of nitrogens with one attached hydrogen (secondary N) is 1. The monoisotopic (exact) mass is 465 g/mol. The zero-order valence-corrected chi connectivity index (χ0v) is 17.7. The second-order valence-electron chi connectivity index (χ2n) is 6.89. The quantitative estimate of drug-likeness (QED) is 0.459. The third-order valence-corrected chi connectivity index (χ3v) is 7.56. The van der Waals surface area contributed by atoms with Crippen molar-refractivity contribution in [2.24, 2.45) is 0 Å². The summed E-state index contributed by atoms with van der Waals surface area (Å²) >= 11 is 0.177. The number of carbonyl (C=O) groups excluding carboxylic acids is 1. The van der Waals surface area contributed by atoms with Crippen LogP contribution in [0.5, 0.6) is 0 Å². The van der Waals surface area contributed by atoms with Crippen molar-refractivity contribution in [1.82, 2.24) is 19.5 Å². The van der Waals surface area contributed by atoms with Crippen LogP contribution in [0.15, 0.2) is 73.3 Å². The van der Waals surface area contributed by atoms with E-state index in [9.17, 15) is 4.79 Å². The summed E-state index contributed by atoms with van der Waals surface area (Å²) in [6.45, 7) is 0.715. The van der Waals surface area contributed by atoms with Crippen LogP contribution in [0.25, 0.3) is 11.2 Å². The summed E-state index contributed by atoms with van der Waals surface area (Å²) in [4.78, 5) is 25.8. The molecule has 1 fully saturated rings. The third-order valence-electron chi connectivity index (χ3n) is 4.99. The zero-order chi connectivity index (χ0) is 20.3. The molecule has 1 aliphatic heterocycles. The molecule has 0 unspecified atom stereocenters. The van der Waals surface area contributed by atoms with Gasteiger partial charge in [-0.1, -0.05) is 0 Å². The summed E-state index contributed by atoms with van der Waals surface area (Å²) in [6.07, 6.45) is 4.15. The topological polar surface area (TPSA) is 81.9 Å². The molecule has 0 bridgehead atoms. The van der Waals surface area contributed by atoms with Gasteiger partial charge in [-0.3, -0.25) is 0 Å². The van der Waals surface area contributed by atoms with E-state index < -0.39 is 0 Å². The average molecular weight is 464 g/mol. The molecule has 2 aromatic heterocycles. The number of aromatic nitrogens is 4. The van der Waals surface area contributed by atoms with Gasteiger partial charge in [-0.2, -0.15) is 0 Å². The van der Waals surface area contributed by atoms with Crippen molar-refractivity contribution in [3.8, 4) is 0 Å². The zero-order valence-electron chi connectivity index (χ0n) is 16.0. The van der Waals surface area contributed by atoms with E-state index >= 15 is 0 Å². The molecule has 4 aromatic rings. The first kappa shape index (κ1) is 18.9. The first-order chi connectivity index (χ1) is 14.8. The summed E-state index contributed by atoms with van der Waals surface area (Å²) in [5.41, 5.74) is 1.86. The van der Waals surface area contributed by atoms with Gasteiger partial charge in [0.2, 0.25) is 0 Å². The molecule has 5 rings (SSSR count). The van der Waals surface area contributed by atoms with Crippen molar-refractivity contribution in [3.05, 3.63) is 78.9 Å². The molecule has 8 heteroatoms. The summed E-state index contributed by atoms with van der Waals surface area (Å²) in [7, 11) is 0. The number of anilines is 1. The van der Waals surface area contributed by atoms with E-state index in [2.05, 4.69) is 49.1 Å². The van der Waals surface area contributed by atoms with Gasteiger partial charge < -0.3 is 0 Å². The Morgan fingerprint density at radius 1 is 1.03 bits per heavy atom. The van der Waals surface area contributed by atoms with E-state index in [1.54, 1.807) is 18.5 Å². The number of hydrogen-bond donors (Lipinski definition) is 1. The van der Waals surface area contributed by atoms with E-state index in [1.807, 2.05) is 24.3 Å². The maximum absolute atomic E-state index is 12.6. The standard InChI is InChI=1S/C22H19N5O2Se/c28-21(15-7-3-1-4-8-15)26-19-18-20(24-13-23-19)27(14-25-18)17-11-12-29-22(17)30-16-9-5-2-6-10-16/h1-10,13-14,17,22H,11-12H2,(H,23,24,26,28)/t17-,22+/m0/s1. The van der Waals surface area contributed by atoms with Crippen LogP contribution >= 0.6 is 0 Å². The summed E-state index contributed by atoms with van der Waals surface area (Å²) in [6, 6.07) is 19.6. The Morgan fingerprint density at radius 3 is 2.60 bits per heavy atom. The van der Waals surface area contributed by atoms with E-state index in [0.717, 1.165) is 6.42 Å². The maximum atomic E-state index is 12.6. The van der Waals surface area contributed by atoms with Crippen LogP contribution in [-0.4, -0.2) is 52.0 Å². The first-order valence-electron chi connectivity index (χ1n) is 9.67. The molecule has 0 aliphatic carbocycles. The van der Waals surface area contributed by atoms with Crippen LogP contribution < -0.4 is 9.78 Å². The normalized spacial score (nSPS) is 18.5. The number of ether oxygens (including phenoxy) is 1. The van der Waals surface area contributed by atoms with Crippen molar-refractivity contribution < 1.29 is 9.53 Å². The number of benzene rings is 2.